The molecule has 1 atom stereocenters. The minimum Gasteiger partial charge on any atom is -0.337 e. The second kappa shape index (κ2) is 7.97. The van der Waals surface area contributed by atoms with Crippen LogP contribution in [0.1, 0.15) is 33.5 Å². The van der Waals surface area contributed by atoms with Crippen LogP contribution < -0.4 is 5.32 Å². The maximum Gasteiger partial charge on any atom is 0.271 e. The molecule has 2 aromatic heterocycles. The van der Waals surface area contributed by atoms with Gasteiger partial charge in [-0.2, -0.15) is 0 Å². The Morgan fingerprint density at radius 3 is 2.62 bits per heavy atom. The van der Waals surface area contributed by atoms with Crippen molar-refractivity contribution in [1.29, 1.82) is 0 Å². The Hall–Kier alpha value is -3.32. The number of hydrogen-bond donors (Lipinski definition) is 1. The second-order valence-electron chi connectivity index (χ2n) is 6.73. The zero-order chi connectivity index (χ0) is 20.4. The zero-order valence-electron chi connectivity index (χ0n) is 16.0. The Bertz CT molecular complexity index is 1150. The molecule has 2 heterocycles. The molecule has 29 heavy (non-hydrogen) atoms. The van der Waals surface area contributed by atoms with Crippen LogP contribution in [0.25, 0.3) is 10.6 Å². The number of carbonyl (C=O) groups is 1. The Morgan fingerprint density at radius 1 is 1.17 bits per heavy atom. The van der Waals surface area contributed by atoms with E-state index in [1.807, 2.05) is 31.2 Å². The van der Waals surface area contributed by atoms with E-state index in [-0.39, 0.29) is 5.91 Å². The summed E-state index contributed by atoms with van der Waals surface area (Å²) in [4.78, 5) is 21.7. The molecule has 5 nitrogen and oxygen atoms in total. The molecule has 0 saturated heterocycles. The van der Waals surface area contributed by atoms with Crippen molar-refractivity contribution in [3.63, 3.8) is 0 Å². The van der Waals surface area contributed by atoms with E-state index >= 15 is 0 Å². The summed E-state index contributed by atoms with van der Waals surface area (Å²) in [6.45, 7) is 2.02. The summed E-state index contributed by atoms with van der Waals surface area (Å²) in [5.74, 6) is -0.243. The number of nitrogens with zero attached hydrogens (tertiary/aromatic N) is 3. The van der Waals surface area contributed by atoms with Gasteiger partial charge in [-0.3, -0.25) is 4.79 Å². The van der Waals surface area contributed by atoms with Crippen molar-refractivity contribution in [2.24, 2.45) is 7.05 Å². The van der Waals surface area contributed by atoms with Crippen LogP contribution in [0.5, 0.6) is 0 Å². The van der Waals surface area contributed by atoms with Crippen LogP contribution in [-0.4, -0.2) is 20.4 Å². The molecule has 0 spiro atoms. The summed E-state index contributed by atoms with van der Waals surface area (Å²) in [6, 6.07) is 13.6. The van der Waals surface area contributed by atoms with Gasteiger partial charge in [0.05, 0.1) is 0 Å². The monoisotopic (exact) mass is 406 g/mol. The second-order valence-corrected chi connectivity index (χ2v) is 7.59. The van der Waals surface area contributed by atoms with Gasteiger partial charge in [-0.25, -0.2) is 14.4 Å². The summed E-state index contributed by atoms with van der Waals surface area (Å²) in [5.41, 5.74) is 2.76. The van der Waals surface area contributed by atoms with Gasteiger partial charge >= 0.3 is 0 Å². The molecular weight excluding hydrogens is 387 g/mol. The maximum absolute atomic E-state index is 14.5. The summed E-state index contributed by atoms with van der Waals surface area (Å²) in [5, 5.41) is 5.36. The van der Waals surface area contributed by atoms with E-state index in [2.05, 4.69) is 15.3 Å². The third kappa shape index (κ3) is 3.95. The minimum atomic E-state index is -0.728. The number of aryl methyl sites for hydroxylation is 2. The first kappa shape index (κ1) is 19.0. The van der Waals surface area contributed by atoms with E-state index < -0.39 is 11.9 Å². The van der Waals surface area contributed by atoms with Crippen LogP contribution in [0.3, 0.4) is 0 Å². The number of carbonyl (C=O) groups excluding carboxylic acids is 1. The highest BCUT2D eigenvalue weighted by molar-refractivity contribution is 7.13. The van der Waals surface area contributed by atoms with Crippen LogP contribution in [0.15, 0.2) is 66.3 Å². The van der Waals surface area contributed by atoms with E-state index in [1.54, 1.807) is 47.6 Å². The molecule has 0 aliphatic rings. The molecule has 2 aromatic carbocycles. The van der Waals surface area contributed by atoms with Crippen molar-refractivity contribution in [3.8, 4) is 10.6 Å². The molecule has 7 heteroatoms. The van der Waals surface area contributed by atoms with Gasteiger partial charge in [0, 0.05) is 35.9 Å². The summed E-state index contributed by atoms with van der Waals surface area (Å²) in [7, 11) is 1.81. The fraction of sp³-hybridized carbons (Fsp3) is 0.136. The first-order valence-corrected chi connectivity index (χ1v) is 9.96. The minimum absolute atomic E-state index is 0.293. The largest absolute Gasteiger partial charge is 0.337 e. The number of amides is 1. The van der Waals surface area contributed by atoms with Gasteiger partial charge in [-0.05, 0) is 13.0 Å². The van der Waals surface area contributed by atoms with E-state index in [0.29, 0.717) is 17.1 Å². The first-order valence-electron chi connectivity index (χ1n) is 9.08. The van der Waals surface area contributed by atoms with E-state index in [1.165, 1.54) is 17.4 Å². The molecule has 0 bridgehead atoms. The predicted octanol–water partition coefficient (Wildman–Crippen LogP) is 4.51. The van der Waals surface area contributed by atoms with Crippen molar-refractivity contribution in [3.05, 3.63) is 94.8 Å². The molecule has 0 aliphatic heterocycles. The Balaban J connectivity index is 1.63. The normalized spacial score (nSPS) is 12.0. The molecule has 1 N–H and O–H groups in total. The molecule has 1 amide bonds. The highest BCUT2D eigenvalue weighted by Crippen LogP contribution is 2.26. The number of imidazole rings is 1. The third-order valence-electron chi connectivity index (χ3n) is 4.64. The van der Waals surface area contributed by atoms with Gasteiger partial charge in [-0.15, -0.1) is 11.3 Å². The highest BCUT2D eigenvalue weighted by atomic mass is 32.1. The molecular formula is C22H19FN4OS. The lowest BCUT2D eigenvalue weighted by Gasteiger charge is -2.19. The zero-order valence-corrected chi connectivity index (χ0v) is 16.8. The van der Waals surface area contributed by atoms with Crippen LogP contribution in [0.2, 0.25) is 0 Å². The predicted molar refractivity (Wildman–Crippen MR) is 111 cm³/mol. The van der Waals surface area contributed by atoms with Crippen molar-refractivity contribution in [2.75, 3.05) is 0 Å². The summed E-state index contributed by atoms with van der Waals surface area (Å²) in [6.07, 6.45) is 3.38. The number of halogens is 1. The molecule has 0 unspecified atom stereocenters. The van der Waals surface area contributed by atoms with Crippen molar-refractivity contribution >= 4 is 17.2 Å². The lowest BCUT2D eigenvalue weighted by atomic mass is 10.1. The van der Waals surface area contributed by atoms with Crippen molar-refractivity contribution in [2.45, 2.75) is 13.0 Å². The lowest BCUT2D eigenvalue weighted by molar-refractivity contribution is 0.0936. The van der Waals surface area contributed by atoms with Crippen LogP contribution >= 0.6 is 11.3 Å². The van der Waals surface area contributed by atoms with Crippen LogP contribution in [-0.2, 0) is 7.05 Å². The van der Waals surface area contributed by atoms with Gasteiger partial charge < -0.3 is 9.88 Å². The lowest BCUT2D eigenvalue weighted by Crippen LogP contribution is -2.31. The third-order valence-corrected chi connectivity index (χ3v) is 5.54. The van der Waals surface area contributed by atoms with Gasteiger partial charge in [0.15, 0.2) is 0 Å². The Morgan fingerprint density at radius 2 is 1.93 bits per heavy atom. The average molecular weight is 406 g/mol. The molecule has 4 aromatic rings. The SMILES string of the molecule is Cc1ccc(-c2nc(C(=O)N[C@H](c3ccccc3F)c3nccn3C)cs2)cc1. The van der Waals surface area contributed by atoms with Gasteiger partial charge in [0.25, 0.3) is 5.91 Å². The van der Waals surface area contributed by atoms with Crippen LogP contribution in [0.4, 0.5) is 4.39 Å². The van der Waals surface area contributed by atoms with Crippen molar-refractivity contribution < 1.29 is 9.18 Å². The number of nitrogens with one attached hydrogen (secondary N) is 1. The maximum atomic E-state index is 14.5. The van der Waals surface area contributed by atoms with E-state index in [0.717, 1.165) is 16.1 Å². The molecule has 0 fully saturated rings. The van der Waals surface area contributed by atoms with Gasteiger partial charge in [0.2, 0.25) is 0 Å². The Labute approximate surface area is 171 Å². The fourth-order valence-electron chi connectivity index (χ4n) is 3.06. The molecule has 0 aliphatic carbocycles. The fourth-order valence-corrected chi connectivity index (χ4v) is 3.86. The summed E-state index contributed by atoms with van der Waals surface area (Å²) >= 11 is 1.40. The number of thiazole rings is 1. The molecule has 0 saturated carbocycles. The van der Waals surface area contributed by atoms with Gasteiger partial charge in [-0.1, -0.05) is 48.0 Å². The quantitative estimate of drug-likeness (QED) is 0.530. The van der Waals surface area contributed by atoms with E-state index in [4.69, 9.17) is 0 Å². The summed E-state index contributed by atoms with van der Waals surface area (Å²) < 4.78 is 16.2. The number of rotatable bonds is 5. The van der Waals surface area contributed by atoms with Crippen LogP contribution in [0, 0.1) is 12.7 Å². The number of hydrogen-bond acceptors (Lipinski definition) is 4. The molecule has 4 rings (SSSR count). The standard InChI is InChI=1S/C22H19FN4OS/c1-14-7-9-15(10-8-14)22-25-18(13-29-22)21(28)26-19(20-24-11-12-27(20)2)16-5-3-4-6-17(16)23/h3-13,19H,1-2H3,(H,26,28)/t19-/m1/s1. The molecule has 0 radical (unpaired) electrons. The van der Waals surface area contributed by atoms with Crippen molar-refractivity contribution in [1.82, 2.24) is 19.9 Å². The highest BCUT2D eigenvalue weighted by Gasteiger charge is 2.25. The Kier molecular flexibility index (Phi) is 5.22. The van der Waals surface area contributed by atoms with Gasteiger partial charge in [0.1, 0.15) is 28.4 Å². The number of benzene rings is 2. The van der Waals surface area contributed by atoms with E-state index in [9.17, 15) is 9.18 Å². The first-order chi connectivity index (χ1) is 14.0. The molecule has 146 valence electrons. The topological polar surface area (TPSA) is 59.8 Å². The average Bonchev–Trinajstić information content (AvgIpc) is 3.37. The smallest absolute Gasteiger partial charge is 0.271 e. The number of aromatic nitrogens is 3.